The molecule has 3 rings (SSSR count). The molecule has 0 saturated carbocycles. The zero-order valence-electron chi connectivity index (χ0n) is 15.2. The van der Waals surface area contributed by atoms with E-state index in [1.165, 1.54) is 35.6 Å². The van der Waals surface area contributed by atoms with Gasteiger partial charge in [-0.05, 0) is 53.5 Å². The Morgan fingerprint density at radius 1 is 1.10 bits per heavy atom. The number of Topliss-reactive ketones (excluding diaryl/α,β-unsaturated/α-hetero) is 1. The standard InChI is InChI=1S/C20H17FN2O4S2/c21-14-5-3-13(4-6-14)16(24)7-8-18(25)22-9-10-23-19(26)17(29-20(23)27)12-15-2-1-11-28-15/h1-6,11-12H,7-10H2,(H,22,25)/b17-12+. The highest BCUT2D eigenvalue weighted by Crippen LogP contribution is 2.32. The average Bonchev–Trinajstić information content (AvgIpc) is 3.30. The number of rotatable bonds is 8. The molecule has 0 atom stereocenters. The fraction of sp³-hybridized carbons (Fsp3) is 0.200. The zero-order chi connectivity index (χ0) is 20.8. The van der Waals surface area contributed by atoms with Crippen LogP contribution in [0, 0.1) is 5.82 Å². The maximum atomic E-state index is 12.9. The number of nitrogens with zero attached hydrogens (tertiary/aromatic N) is 1. The van der Waals surface area contributed by atoms with Crippen molar-refractivity contribution in [2.24, 2.45) is 0 Å². The summed E-state index contributed by atoms with van der Waals surface area (Å²) in [7, 11) is 0. The third kappa shape index (κ3) is 5.61. The minimum absolute atomic E-state index is 0.0113. The van der Waals surface area contributed by atoms with E-state index in [1.807, 2.05) is 17.5 Å². The molecule has 2 aromatic rings. The van der Waals surface area contributed by atoms with Crippen molar-refractivity contribution in [2.75, 3.05) is 13.1 Å². The highest BCUT2D eigenvalue weighted by Gasteiger charge is 2.34. The monoisotopic (exact) mass is 432 g/mol. The molecule has 0 unspecified atom stereocenters. The summed E-state index contributed by atoms with van der Waals surface area (Å²) in [5, 5.41) is 4.11. The lowest BCUT2D eigenvalue weighted by atomic mass is 10.1. The molecule has 0 aliphatic carbocycles. The Kier molecular flexibility index (Phi) is 6.95. The van der Waals surface area contributed by atoms with Crippen LogP contribution in [0.3, 0.4) is 0 Å². The molecule has 1 saturated heterocycles. The largest absolute Gasteiger partial charge is 0.354 e. The van der Waals surface area contributed by atoms with Crippen LogP contribution in [0.4, 0.5) is 9.18 Å². The van der Waals surface area contributed by atoms with Gasteiger partial charge >= 0.3 is 0 Å². The van der Waals surface area contributed by atoms with E-state index in [4.69, 9.17) is 0 Å². The zero-order valence-corrected chi connectivity index (χ0v) is 16.9. The van der Waals surface area contributed by atoms with Crippen molar-refractivity contribution in [2.45, 2.75) is 12.8 Å². The third-order valence-electron chi connectivity index (χ3n) is 4.09. The predicted octanol–water partition coefficient (Wildman–Crippen LogP) is 3.70. The second kappa shape index (κ2) is 9.62. The van der Waals surface area contributed by atoms with Crippen LogP contribution in [0.25, 0.3) is 6.08 Å². The van der Waals surface area contributed by atoms with Crippen LogP contribution in [0.5, 0.6) is 0 Å². The molecular weight excluding hydrogens is 415 g/mol. The van der Waals surface area contributed by atoms with Gasteiger partial charge in [0.15, 0.2) is 5.78 Å². The molecule has 1 aliphatic rings. The number of carbonyl (C=O) groups excluding carboxylic acids is 4. The molecule has 150 valence electrons. The van der Waals surface area contributed by atoms with E-state index in [9.17, 15) is 23.6 Å². The number of hydrogen-bond acceptors (Lipinski definition) is 6. The van der Waals surface area contributed by atoms with E-state index in [-0.39, 0.29) is 48.8 Å². The van der Waals surface area contributed by atoms with Gasteiger partial charge in [0.2, 0.25) is 5.91 Å². The summed E-state index contributed by atoms with van der Waals surface area (Å²) in [6.45, 7) is 0.165. The SMILES string of the molecule is O=C(CCC(=O)c1ccc(F)cc1)NCCN1C(=O)S/C(=C/c2cccs2)C1=O. The highest BCUT2D eigenvalue weighted by molar-refractivity contribution is 8.18. The van der Waals surface area contributed by atoms with E-state index in [2.05, 4.69) is 5.32 Å². The summed E-state index contributed by atoms with van der Waals surface area (Å²) in [4.78, 5) is 50.6. The second-order valence-electron chi connectivity index (χ2n) is 6.13. The number of hydrogen-bond donors (Lipinski definition) is 1. The molecule has 1 aromatic carbocycles. The summed E-state index contributed by atoms with van der Waals surface area (Å²) in [5.74, 6) is -1.43. The first-order chi connectivity index (χ1) is 13.9. The van der Waals surface area contributed by atoms with Crippen molar-refractivity contribution in [1.82, 2.24) is 10.2 Å². The van der Waals surface area contributed by atoms with E-state index in [0.717, 1.165) is 21.5 Å². The van der Waals surface area contributed by atoms with Gasteiger partial charge in [0.05, 0.1) is 4.91 Å². The van der Waals surface area contributed by atoms with Crippen molar-refractivity contribution >= 4 is 52.0 Å². The number of benzene rings is 1. The topological polar surface area (TPSA) is 83.6 Å². The van der Waals surface area contributed by atoms with Gasteiger partial charge in [-0.3, -0.25) is 24.1 Å². The number of amides is 3. The van der Waals surface area contributed by atoms with Crippen LogP contribution in [0.15, 0.2) is 46.7 Å². The van der Waals surface area contributed by atoms with Crippen LogP contribution >= 0.6 is 23.1 Å². The fourth-order valence-electron chi connectivity index (χ4n) is 2.60. The molecule has 1 aromatic heterocycles. The van der Waals surface area contributed by atoms with Crippen molar-refractivity contribution in [3.63, 3.8) is 0 Å². The molecule has 1 N–H and O–H groups in total. The normalized spacial score (nSPS) is 15.2. The van der Waals surface area contributed by atoms with Crippen LogP contribution < -0.4 is 5.32 Å². The first-order valence-corrected chi connectivity index (χ1v) is 10.5. The Labute approximate surface area is 174 Å². The summed E-state index contributed by atoms with van der Waals surface area (Å²) in [6, 6.07) is 8.84. The summed E-state index contributed by atoms with van der Waals surface area (Å²) in [5.41, 5.74) is 0.342. The smallest absolute Gasteiger partial charge is 0.293 e. The van der Waals surface area contributed by atoms with Gasteiger partial charge in [0, 0.05) is 36.4 Å². The molecule has 3 amide bonds. The van der Waals surface area contributed by atoms with Crippen molar-refractivity contribution in [3.05, 3.63) is 62.9 Å². The number of carbonyl (C=O) groups is 4. The van der Waals surface area contributed by atoms with Gasteiger partial charge in [-0.2, -0.15) is 0 Å². The van der Waals surface area contributed by atoms with E-state index in [0.29, 0.717) is 10.5 Å². The number of thioether (sulfide) groups is 1. The lowest BCUT2D eigenvalue weighted by Crippen LogP contribution is -2.37. The lowest BCUT2D eigenvalue weighted by Gasteiger charge is -2.12. The summed E-state index contributed by atoms with van der Waals surface area (Å²) in [6.07, 6.45) is 1.63. The molecule has 6 nitrogen and oxygen atoms in total. The molecule has 1 aliphatic heterocycles. The molecule has 0 spiro atoms. The van der Waals surface area contributed by atoms with Crippen molar-refractivity contribution in [3.8, 4) is 0 Å². The minimum Gasteiger partial charge on any atom is -0.354 e. The summed E-state index contributed by atoms with van der Waals surface area (Å²) < 4.78 is 12.9. The Bertz CT molecular complexity index is 955. The Hall–Kier alpha value is -2.78. The molecule has 9 heteroatoms. The quantitative estimate of drug-likeness (QED) is 0.508. The maximum absolute atomic E-state index is 12.9. The molecule has 29 heavy (non-hydrogen) atoms. The van der Waals surface area contributed by atoms with Gasteiger partial charge in [0.1, 0.15) is 5.82 Å². The number of imide groups is 1. The van der Waals surface area contributed by atoms with Crippen molar-refractivity contribution in [1.29, 1.82) is 0 Å². The first-order valence-electron chi connectivity index (χ1n) is 8.78. The molecule has 2 heterocycles. The molecule has 1 fully saturated rings. The summed E-state index contributed by atoms with van der Waals surface area (Å²) >= 11 is 2.34. The lowest BCUT2D eigenvalue weighted by molar-refractivity contribution is -0.124. The number of ketones is 1. The average molecular weight is 432 g/mol. The Balaban J connectivity index is 1.43. The van der Waals surface area contributed by atoms with E-state index in [1.54, 1.807) is 6.08 Å². The van der Waals surface area contributed by atoms with Gasteiger partial charge < -0.3 is 5.32 Å². The van der Waals surface area contributed by atoms with Gasteiger partial charge in [-0.25, -0.2) is 4.39 Å². The number of thiophene rings is 1. The third-order valence-corrected chi connectivity index (χ3v) is 5.82. The van der Waals surface area contributed by atoms with Crippen LogP contribution in [0.2, 0.25) is 0 Å². The van der Waals surface area contributed by atoms with Crippen LogP contribution in [0.1, 0.15) is 28.1 Å². The maximum Gasteiger partial charge on any atom is 0.293 e. The van der Waals surface area contributed by atoms with Crippen molar-refractivity contribution < 1.29 is 23.6 Å². The minimum atomic E-state index is -0.433. The molecular formula is C20H17FN2O4S2. The van der Waals surface area contributed by atoms with E-state index >= 15 is 0 Å². The molecule has 0 radical (unpaired) electrons. The highest BCUT2D eigenvalue weighted by atomic mass is 32.2. The molecule has 0 bridgehead atoms. The second-order valence-corrected chi connectivity index (χ2v) is 8.10. The predicted molar refractivity (Wildman–Crippen MR) is 110 cm³/mol. The fourth-order valence-corrected chi connectivity index (χ4v) is 4.19. The Morgan fingerprint density at radius 3 is 2.55 bits per heavy atom. The number of halogens is 1. The first kappa shape index (κ1) is 20.9. The van der Waals surface area contributed by atoms with Gasteiger partial charge in [-0.1, -0.05) is 6.07 Å². The Morgan fingerprint density at radius 2 is 1.86 bits per heavy atom. The van der Waals surface area contributed by atoms with Gasteiger partial charge in [-0.15, -0.1) is 11.3 Å². The van der Waals surface area contributed by atoms with Crippen LogP contribution in [-0.2, 0) is 9.59 Å². The van der Waals surface area contributed by atoms with E-state index < -0.39 is 5.82 Å². The van der Waals surface area contributed by atoms with Gasteiger partial charge in [0.25, 0.3) is 11.1 Å². The number of nitrogens with one attached hydrogen (secondary N) is 1. The van der Waals surface area contributed by atoms with Crippen LogP contribution in [-0.4, -0.2) is 40.8 Å².